The van der Waals surface area contributed by atoms with Crippen LogP contribution in [0.1, 0.15) is 60.3 Å². The largest absolute Gasteiger partial charge is 0.480 e. The fourth-order valence-corrected chi connectivity index (χ4v) is 2.92. The Kier molecular flexibility index (Phi) is 13.2. The zero-order valence-electron chi connectivity index (χ0n) is 20.0. The van der Waals surface area contributed by atoms with Gasteiger partial charge in [0, 0.05) is 6.42 Å². The molecule has 12 nitrogen and oxygen atoms in total. The molecule has 0 aliphatic heterocycles. The Balaban J connectivity index is 5.69. The van der Waals surface area contributed by atoms with Crippen LogP contribution < -0.4 is 27.4 Å². The van der Waals surface area contributed by atoms with Crippen LogP contribution in [0.5, 0.6) is 0 Å². The van der Waals surface area contributed by atoms with Crippen LogP contribution in [0, 0.1) is 11.8 Å². The first-order chi connectivity index (χ1) is 15.3. The summed E-state index contributed by atoms with van der Waals surface area (Å²) in [4.78, 5) is 61.0. The predicted octanol–water partition coefficient (Wildman–Crippen LogP) is -1.41. The van der Waals surface area contributed by atoms with Crippen molar-refractivity contribution < 1.29 is 34.2 Å². The van der Waals surface area contributed by atoms with Crippen LogP contribution in [-0.2, 0) is 24.0 Å². The van der Waals surface area contributed by atoms with Gasteiger partial charge in [-0.1, -0.05) is 40.5 Å². The first-order valence-electron chi connectivity index (χ1n) is 11.1. The topological polar surface area (TPSA) is 214 Å². The van der Waals surface area contributed by atoms with Crippen molar-refractivity contribution in [3.8, 4) is 0 Å². The van der Waals surface area contributed by atoms with Gasteiger partial charge in [0.2, 0.25) is 23.6 Å². The molecule has 0 aliphatic rings. The molecule has 0 spiro atoms. The number of carbonyl (C=O) groups excluding carboxylic acids is 4. The third kappa shape index (κ3) is 10.2. The van der Waals surface area contributed by atoms with Gasteiger partial charge in [0.25, 0.3) is 0 Å². The fourth-order valence-electron chi connectivity index (χ4n) is 2.92. The van der Waals surface area contributed by atoms with Crippen molar-refractivity contribution in [2.75, 3.05) is 0 Å². The van der Waals surface area contributed by atoms with Gasteiger partial charge in [-0.15, -0.1) is 0 Å². The van der Waals surface area contributed by atoms with Crippen molar-refractivity contribution in [3.63, 3.8) is 0 Å². The number of rotatable bonds is 15. The van der Waals surface area contributed by atoms with Crippen molar-refractivity contribution >= 4 is 29.6 Å². The number of aliphatic hydroxyl groups excluding tert-OH is 1. The number of nitrogens with two attached hydrogens (primary N) is 2. The minimum absolute atomic E-state index is 0.159. The van der Waals surface area contributed by atoms with Gasteiger partial charge >= 0.3 is 5.97 Å². The van der Waals surface area contributed by atoms with Crippen molar-refractivity contribution in [2.45, 2.75) is 90.6 Å². The molecule has 7 unspecified atom stereocenters. The molecule has 0 bridgehead atoms. The van der Waals surface area contributed by atoms with E-state index in [9.17, 15) is 34.2 Å². The Morgan fingerprint density at radius 3 is 1.73 bits per heavy atom. The number of carboxylic acids is 1. The van der Waals surface area contributed by atoms with E-state index in [1.807, 2.05) is 0 Å². The Morgan fingerprint density at radius 1 is 0.818 bits per heavy atom. The molecule has 33 heavy (non-hydrogen) atoms. The van der Waals surface area contributed by atoms with Crippen LogP contribution in [0.3, 0.4) is 0 Å². The number of nitrogens with one attached hydrogen (secondary N) is 3. The fraction of sp³-hybridized carbons (Fsp3) is 0.762. The molecule has 190 valence electrons. The van der Waals surface area contributed by atoms with E-state index in [-0.39, 0.29) is 24.7 Å². The maximum absolute atomic E-state index is 13.0. The molecule has 12 heteroatoms. The van der Waals surface area contributed by atoms with Crippen LogP contribution in [0.25, 0.3) is 0 Å². The standard InChI is InChI=1S/C21H39N5O7/c1-6-10(3)16(25-19(30)15(23)12(5)27)20(31)24-13(8-9-14(22)28)18(29)26-17(21(32)33)11(4)7-2/h10-13,15-17,27H,6-9,23H2,1-5H3,(H2,22,28)(H,24,31)(H,25,30)(H,26,29)(H,32,33). The molecule has 4 amide bonds. The van der Waals surface area contributed by atoms with E-state index >= 15 is 0 Å². The van der Waals surface area contributed by atoms with Crippen molar-refractivity contribution in [1.29, 1.82) is 0 Å². The summed E-state index contributed by atoms with van der Waals surface area (Å²) in [7, 11) is 0. The summed E-state index contributed by atoms with van der Waals surface area (Å²) < 4.78 is 0. The number of hydrogen-bond acceptors (Lipinski definition) is 7. The lowest BCUT2D eigenvalue weighted by atomic mass is 9.96. The monoisotopic (exact) mass is 473 g/mol. The van der Waals surface area contributed by atoms with Gasteiger partial charge in [-0.2, -0.15) is 0 Å². The summed E-state index contributed by atoms with van der Waals surface area (Å²) in [6.45, 7) is 8.28. The molecular weight excluding hydrogens is 434 g/mol. The van der Waals surface area contributed by atoms with E-state index in [4.69, 9.17) is 11.5 Å². The second-order valence-corrected chi connectivity index (χ2v) is 8.41. The lowest BCUT2D eigenvalue weighted by molar-refractivity contribution is -0.144. The normalized spacial score (nSPS) is 17.4. The minimum Gasteiger partial charge on any atom is -0.480 e. The Labute approximate surface area is 194 Å². The van der Waals surface area contributed by atoms with Gasteiger partial charge < -0.3 is 37.6 Å². The van der Waals surface area contributed by atoms with Gasteiger partial charge in [-0.25, -0.2) is 4.79 Å². The number of aliphatic hydroxyl groups is 1. The molecule has 9 N–H and O–H groups in total. The summed E-state index contributed by atoms with van der Waals surface area (Å²) in [5.41, 5.74) is 10.8. The van der Waals surface area contributed by atoms with Crippen molar-refractivity contribution in [2.24, 2.45) is 23.3 Å². The Bertz CT molecular complexity index is 700. The number of carbonyl (C=O) groups is 5. The molecule has 0 saturated carbocycles. The molecule has 0 aromatic rings. The predicted molar refractivity (Wildman–Crippen MR) is 120 cm³/mol. The number of amides is 4. The van der Waals surface area contributed by atoms with Gasteiger partial charge in [0.05, 0.1) is 6.10 Å². The first kappa shape index (κ1) is 30.3. The molecule has 0 radical (unpaired) electrons. The van der Waals surface area contributed by atoms with Gasteiger partial charge in [-0.05, 0) is 25.2 Å². The second kappa shape index (κ2) is 14.4. The van der Waals surface area contributed by atoms with Crippen LogP contribution >= 0.6 is 0 Å². The lowest BCUT2D eigenvalue weighted by Crippen LogP contribution is -2.60. The van der Waals surface area contributed by atoms with Crippen LogP contribution in [0.4, 0.5) is 0 Å². The lowest BCUT2D eigenvalue weighted by Gasteiger charge is -2.28. The van der Waals surface area contributed by atoms with E-state index in [1.54, 1.807) is 27.7 Å². The maximum atomic E-state index is 13.0. The van der Waals surface area contributed by atoms with Crippen LogP contribution in [0.2, 0.25) is 0 Å². The molecule has 0 aromatic heterocycles. The van der Waals surface area contributed by atoms with E-state index in [0.717, 1.165) is 0 Å². The highest BCUT2D eigenvalue weighted by atomic mass is 16.4. The highest BCUT2D eigenvalue weighted by Gasteiger charge is 2.34. The quantitative estimate of drug-likeness (QED) is 0.150. The molecule has 0 fully saturated rings. The SMILES string of the molecule is CCC(C)C(NC(=O)C(CCC(N)=O)NC(=O)C(NC(=O)C(N)C(C)O)C(C)CC)C(=O)O. The average molecular weight is 474 g/mol. The number of carboxylic acid groups (broad SMARTS) is 1. The second-order valence-electron chi connectivity index (χ2n) is 8.41. The highest BCUT2D eigenvalue weighted by Crippen LogP contribution is 2.12. The summed E-state index contributed by atoms with van der Waals surface area (Å²) in [6, 6.07) is -4.79. The van der Waals surface area contributed by atoms with Gasteiger partial charge in [0.15, 0.2) is 0 Å². The number of aliphatic carboxylic acids is 1. The number of hydrogen-bond donors (Lipinski definition) is 7. The third-order valence-electron chi connectivity index (χ3n) is 5.70. The van der Waals surface area contributed by atoms with Gasteiger partial charge in [-0.3, -0.25) is 19.2 Å². The van der Waals surface area contributed by atoms with E-state index in [0.29, 0.717) is 12.8 Å². The first-order valence-corrected chi connectivity index (χ1v) is 11.1. The molecule has 0 saturated heterocycles. The van der Waals surface area contributed by atoms with Crippen LogP contribution in [-0.4, -0.2) is 70.1 Å². The summed E-state index contributed by atoms with van der Waals surface area (Å²) in [5.74, 6) is -4.91. The maximum Gasteiger partial charge on any atom is 0.326 e. The Morgan fingerprint density at radius 2 is 1.30 bits per heavy atom. The van der Waals surface area contributed by atoms with Crippen molar-refractivity contribution in [1.82, 2.24) is 16.0 Å². The molecule has 0 aromatic carbocycles. The zero-order chi connectivity index (χ0) is 25.9. The zero-order valence-corrected chi connectivity index (χ0v) is 20.0. The van der Waals surface area contributed by atoms with E-state index in [1.165, 1.54) is 6.92 Å². The molecule has 0 rings (SSSR count). The molecular formula is C21H39N5O7. The van der Waals surface area contributed by atoms with E-state index in [2.05, 4.69) is 16.0 Å². The molecule has 0 heterocycles. The third-order valence-corrected chi connectivity index (χ3v) is 5.70. The van der Waals surface area contributed by atoms with Crippen molar-refractivity contribution in [3.05, 3.63) is 0 Å². The van der Waals surface area contributed by atoms with Gasteiger partial charge in [0.1, 0.15) is 24.2 Å². The Hall–Kier alpha value is -2.73. The summed E-state index contributed by atoms with van der Waals surface area (Å²) in [5, 5.41) is 26.4. The molecule has 0 aliphatic carbocycles. The average Bonchev–Trinajstić information content (AvgIpc) is 2.75. The van der Waals surface area contributed by atoms with Crippen LogP contribution in [0.15, 0.2) is 0 Å². The summed E-state index contributed by atoms with van der Waals surface area (Å²) in [6.07, 6.45) is -0.550. The van der Waals surface area contributed by atoms with E-state index < -0.39 is 59.9 Å². The molecule has 7 atom stereocenters. The smallest absolute Gasteiger partial charge is 0.326 e. The highest BCUT2D eigenvalue weighted by molar-refractivity contribution is 5.94. The number of primary amides is 1. The minimum atomic E-state index is -1.26. The summed E-state index contributed by atoms with van der Waals surface area (Å²) >= 11 is 0.